The molecule has 0 aromatic carbocycles. The fourth-order valence-electron chi connectivity index (χ4n) is 1.10. The predicted octanol–water partition coefficient (Wildman–Crippen LogP) is 0.754. The van der Waals surface area contributed by atoms with Crippen LogP contribution in [-0.4, -0.2) is 33.6 Å². The van der Waals surface area contributed by atoms with Crippen molar-refractivity contribution < 1.29 is 14.8 Å². The van der Waals surface area contributed by atoms with Crippen LogP contribution in [0.25, 0.3) is 0 Å². The molecule has 1 rings (SSSR count). The zero-order chi connectivity index (χ0) is 13.0. The fraction of sp³-hybridized carbons (Fsp3) is 0.333. The van der Waals surface area contributed by atoms with Crippen LogP contribution in [-0.2, 0) is 0 Å². The van der Waals surface area contributed by atoms with Gasteiger partial charge in [0.25, 0.3) is 11.6 Å². The van der Waals surface area contributed by atoms with Crippen LogP contribution < -0.4 is 5.32 Å². The molecule has 0 radical (unpaired) electrons. The number of aliphatic hydroxyl groups is 1. The van der Waals surface area contributed by atoms with Crippen molar-refractivity contribution >= 4 is 23.2 Å². The second-order valence-corrected chi connectivity index (χ2v) is 3.73. The second kappa shape index (κ2) is 5.55. The van der Waals surface area contributed by atoms with Gasteiger partial charge >= 0.3 is 0 Å². The summed E-state index contributed by atoms with van der Waals surface area (Å²) in [5.41, 5.74) is -0.618. The third-order valence-electron chi connectivity index (χ3n) is 1.94. The second-order valence-electron chi connectivity index (χ2n) is 3.34. The smallest absolute Gasteiger partial charge is 0.300 e. The first-order valence-electron chi connectivity index (χ1n) is 4.67. The molecule has 0 unspecified atom stereocenters. The molecule has 2 N–H and O–H groups in total. The Kier molecular flexibility index (Phi) is 4.36. The van der Waals surface area contributed by atoms with Crippen molar-refractivity contribution in [1.29, 1.82) is 0 Å². The molecule has 17 heavy (non-hydrogen) atoms. The summed E-state index contributed by atoms with van der Waals surface area (Å²) in [6.07, 6.45) is 0.918. The van der Waals surface area contributed by atoms with Crippen LogP contribution in [0.1, 0.15) is 17.3 Å². The van der Waals surface area contributed by atoms with Crippen LogP contribution in [0.2, 0.25) is 5.15 Å². The van der Waals surface area contributed by atoms with Crippen LogP contribution in [0.3, 0.4) is 0 Å². The van der Waals surface area contributed by atoms with Gasteiger partial charge in [-0.2, -0.15) is 0 Å². The van der Waals surface area contributed by atoms with Gasteiger partial charge in [-0.25, -0.2) is 4.98 Å². The summed E-state index contributed by atoms with van der Waals surface area (Å²) in [5, 5.41) is 21.8. The molecule has 1 amide bonds. The molecule has 1 heterocycles. The van der Waals surface area contributed by atoms with E-state index in [1.54, 1.807) is 6.92 Å². The van der Waals surface area contributed by atoms with E-state index in [0.29, 0.717) is 0 Å². The quantitative estimate of drug-likeness (QED) is 0.472. The van der Waals surface area contributed by atoms with Crippen LogP contribution >= 0.6 is 11.6 Å². The van der Waals surface area contributed by atoms with Gasteiger partial charge in [0, 0.05) is 6.04 Å². The number of hydrogen-bond donors (Lipinski definition) is 2. The maximum absolute atomic E-state index is 11.7. The topological polar surface area (TPSA) is 105 Å². The number of carbonyl (C=O) groups excluding carboxylic acids is 1. The van der Waals surface area contributed by atoms with Gasteiger partial charge in [-0.3, -0.25) is 14.9 Å². The van der Waals surface area contributed by atoms with Crippen LogP contribution in [0.4, 0.5) is 5.69 Å². The Morgan fingerprint density at radius 3 is 2.94 bits per heavy atom. The highest BCUT2D eigenvalue weighted by Crippen LogP contribution is 2.20. The Labute approximate surface area is 102 Å². The molecule has 0 bridgehead atoms. The van der Waals surface area contributed by atoms with E-state index < -0.39 is 22.6 Å². The van der Waals surface area contributed by atoms with Gasteiger partial charge in [-0.1, -0.05) is 11.6 Å². The summed E-state index contributed by atoms with van der Waals surface area (Å²) in [4.78, 5) is 25.2. The average molecular weight is 260 g/mol. The van der Waals surface area contributed by atoms with E-state index in [2.05, 4.69) is 10.3 Å². The highest BCUT2D eigenvalue weighted by Gasteiger charge is 2.22. The van der Waals surface area contributed by atoms with E-state index in [0.717, 1.165) is 12.3 Å². The zero-order valence-electron chi connectivity index (χ0n) is 8.88. The molecule has 1 atom stereocenters. The summed E-state index contributed by atoms with van der Waals surface area (Å²) in [7, 11) is 0. The van der Waals surface area contributed by atoms with Crippen molar-refractivity contribution in [2.24, 2.45) is 0 Å². The number of rotatable bonds is 4. The lowest BCUT2D eigenvalue weighted by Crippen LogP contribution is -2.35. The standard InChI is InChI=1S/C9H10ClN3O4/c1-5(4-14)12-9(15)6-2-8(10)11-3-7(6)13(16)17/h2-3,5,14H,4H2,1H3,(H,12,15)/t5-/m1/s1. The van der Waals surface area contributed by atoms with Crippen LogP contribution in [0, 0.1) is 10.1 Å². The summed E-state index contributed by atoms with van der Waals surface area (Å²) in [5.74, 6) is -0.678. The van der Waals surface area contributed by atoms with E-state index in [-0.39, 0.29) is 17.3 Å². The zero-order valence-corrected chi connectivity index (χ0v) is 9.64. The molecule has 0 aliphatic carbocycles. The van der Waals surface area contributed by atoms with Crippen molar-refractivity contribution in [2.45, 2.75) is 13.0 Å². The lowest BCUT2D eigenvalue weighted by atomic mass is 10.2. The molecule has 92 valence electrons. The normalized spacial score (nSPS) is 11.9. The monoisotopic (exact) mass is 259 g/mol. The van der Waals surface area contributed by atoms with E-state index in [4.69, 9.17) is 16.7 Å². The van der Waals surface area contributed by atoms with E-state index >= 15 is 0 Å². The van der Waals surface area contributed by atoms with Crippen LogP contribution in [0.5, 0.6) is 0 Å². The maximum atomic E-state index is 11.7. The minimum Gasteiger partial charge on any atom is -0.394 e. The molecule has 8 heteroatoms. The summed E-state index contributed by atoms with van der Waals surface area (Å²) in [6, 6.07) is 0.605. The minimum absolute atomic E-state index is 0.0163. The van der Waals surface area contributed by atoms with E-state index in [1.807, 2.05) is 0 Å². The average Bonchev–Trinajstić information content (AvgIpc) is 2.28. The molecule has 1 aromatic heterocycles. The molecular formula is C9H10ClN3O4. The van der Waals surface area contributed by atoms with Crippen molar-refractivity contribution in [3.05, 3.63) is 33.1 Å². The number of nitro groups is 1. The van der Waals surface area contributed by atoms with Gasteiger partial charge in [-0.15, -0.1) is 0 Å². The molecular weight excluding hydrogens is 250 g/mol. The molecule has 0 aliphatic heterocycles. The Morgan fingerprint density at radius 1 is 1.76 bits per heavy atom. The Bertz CT molecular complexity index is 452. The molecule has 0 aliphatic rings. The van der Waals surface area contributed by atoms with Gasteiger partial charge < -0.3 is 10.4 Å². The Morgan fingerprint density at radius 2 is 2.41 bits per heavy atom. The number of halogens is 1. The molecule has 0 saturated heterocycles. The highest BCUT2D eigenvalue weighted by molar-refractivity contribution is 6.29. The number of nitrogens with zero attached hydrogens (tertiary/aromatic N) is 2. The molecule has 0 spiro atoms. The predicted molar refractivity (Wildman–Crippen MR) is 59.9 cm³/mol. The number of nitrogens with one attached hydrogen (secondary N) is 1. The van der Waals surface area contributed by atoms with Crippen LogP contribution in [0.15, 0.2) is 12.3 Å². The summed E-state index contributed by atoms with van der Waals surface area (Å²) >= 11 is 5.57. The third-order valence-corrected chi connectivity index (χ3v) is 2.15. The molecule has 1 aromatic rings. The largest absolute Gasteiger partial charge is 0.394 e. The van der Waals surface area contributed by atoms with E-state index in [9.17, 15) is 14.9 Å². The lowest BCUT2D eigenvalue weighted by Gasteiger charge is -2.10. The van der Waals surface area contributed by atoms with Crippen molar-refractivity contribution in [3.63, 3.8) is 0 Å². The van der Waals surface area contributed by atoms with Gasteiger partial charge in [0.1, 0.15) is 16.9 Å². The molecule has 0 saturated carbocycles. The number of carbonyl (C=O) groups is 1. The summed E-state index contributed by atoms with van der Waals surface area (Å²) in [6.45, 7) is 1.30. The van der Waals surface area contributed by atoms with Gasteiger partial charge in [0.2, 0.25) is 0 Å². The minimum atomic E-state index is -0.720. The number of pyridine rings is 1. The number of aromatic nitrogens is 1. The fourth-order valence-corrected chi connectivity index (χ4v) is 1.26. The summed E-state index contributed by atoms with van der Waals surface area (Å²) < 4.78 is 0. The van der Waals surface area contributed by atoms with Gasteiger partial charge in [-0.05, 0) is 13.0 Å². The van der Waals surface area contributed by atoms with Gasteiger partial charge in [0.05, 0.1) is 11.5 Å². The first-order valence-corrected chi connectivity index (χ1v) is 5.05. The number of aliphatic hydroxyl groups excluding tert-OH is 1. The number of amides is 1. The van der Waals surface area contributed by atoms with E-state index in [1.165, 1.54) is 0 Å². The number of hydrogen-bond acceptors (Lipinski definition) is 5. The van der Waals surface area contributed by atoms with Crippen molar-refractivity contribution in [3.8, 4) is 0 Å². The first kappa shape index (κ1) is 13.3. The van der Waals surface area contributed by atoms with Crippen molar-refractivity contribution in [2.75, 3.05) is 6.61 Å². The Balaban J connectivity index is 3.06. The molecule has 7 nitrogen and oxygen atoms in total. The molecule has 0 fully saturated rings. The SMILES string of the molecule is C[C@H](CO)NC(=O)c1cc(Cl)ncc1[N+](=O)[O-]. The maximum Gasteiger partial charge on any atom is 0.300 e. The van der Waals surface area contributed by atoms with Gasteiger partial charge in [0.15, 0.2) is 0 Å². The Hall–Kier alpha value is -1.73. The highest BCUT2D eigenvalue weighted by atomic mass is 35.5. The third kappa shape index (κ3) is 3.36. The van der Waals surface area contributed by atoms with Crippen molar-refractivity contribution in [1.82, 2.24) is 10.3 Å². The lowest BCUT2D eigenvalue weighted by molar-refractivity contribution is -0.385. The first-order chi connectivity index (χ1) is 7.95.